The highest BCUT2D eigenvalue weighted by atomic mass is 32.2. The molecule has 1 rings (SSSR count). The summed E-state index contributed by atoms with van der Waals surface area (Å²) in [6.45, 7) is 0.175. The molecule has 84 valence electrons. The predicted octanol–water partition coefficient (Wildman–Crippen LogP) is -0.572. The van der Waals surface area contributed by atoms with Gasteiger partial charge in [0.15, 0.2) is 0 Å². The van der Waals surface area contributed by atoms with Crippen LogP contribution in [-0.2, 0) is 14.4 Å². The number of likely N-dealkylation sites (tertiary alicyclic amines) is 1. The van der Waals surface area contributed by atoms with Crippen LogP contribution in [0.2, 0.25) is 0 Å². The van der Waals surface area contributed by atoms with Crippen LogP contribution in [-0.4, -0.2) is 52.3 Å². The smallest absolute Gasteiger partial charge is 0.242 e. The fourth-order valence-electron chi connectivity index (χ4n) is 1.39. The van der Waals surface area contributed by atoms with Crippen molar-refractivity contribution in [3.8, 4) is 0 Å². The van der Waals surface area contributed by atoms with Crippen LogP contribution >= 0.6 is 11.8 Å². The number of carbonyl (C=O) groups excluding carboxylic acids is 3. The number of aldehydes is 1. The summed E-state index contributed by atoms with van der Waals surface area (Å²) in [5.41, 5.74) is 0. The second-order valence-corrected chi connectivity index (χ2v) is 4.44. The maximum Gasteiger partial charge on any atom is 0.242 e. The molecule has 0 aromatic carbocycles. The van der Waals surface area contributed by atoms with Crippen LogP contribution < -0.4 is 0 Å². The SMILES string of the molecule is O=CCCN1C(=O)CC(SCCO)C1=O. The summed E-state index contributed by atoms with van der Waals surface area (Å²) in [6.07, 6.45) is 1.06. The van der Waals surface area contributed by atoms with Gasteiger partial charge in [-0.1, -0.05) is 0 Å². The standard InChI is InChI=1S/C9H13NO4S/c11-3-1-2-10-8(13)6-7(9(10)14)15-5-4-12/h3,7,12H,1-2,4-6H2. The topological polar surface area (TPSA) is 74.7 Å². The lowest BCUT2D eigenvalue weighted by Crippen LogP contribution is -2.32. The monoisotopic (exact) mass is 231 g/mol. The first kappa shape index (κ1) is 12.2. The third-order valence-corrected chi connectivity index (χ3v) is 3.27. The molecule has 1 atom stereocenters. The number of rotatable bonds is 6. The van der Waals surface area contributed by atoms with Crippen molar-refractivity contribution in [2.24, 2.45) is 0 Å². The molecular formula is C9H13NO4S. The molecule has 1 fully saturated rings. The lowest BCUT2D eigenvalue weighted by Gasteiger charge is -2.12. The van der Waals surface area contributed by atoms with Crippen molar-refractivity contribution in [3.63, 3.8) is 0 Å². The molecule has 0 aromatic heterocycles. The molecule has 0 saturated carbocycles. The number of nitrogens with zero attached hydrogens (tertiary/aromatic N) is 1. The molecule has 15 heavy (non-hydrogen) atoms. The van der Waals surface area contributed by atoms with Crippen LogP contribution in [0.25, 0.3) is 0 Å². The Morgan fingerprint density at radius 3 is 2.87 bits per heavy atom. The average Bonchev–Trinajstić information content (AvgIpc) is 2.49. The number of aliphatic hydroxyl groups is 1. The van der Waals surface area contributed by atoms with Crippen molar-refractivity contribution in [3.05, 3.63) is 0 Å². The molecule has 1 unspecified atom stereocenters. The molecule has 6 heteroatoms. The van der Waals surface area contributed by atoms with Crippen molar-refractivity contribution in [1.29, 1.82) is 0 Å². The zero-order valence-electron chi connectivity index (χ0n) is 8.22. The Bertz CT molecular complexity index is 269. The van der Waals surface area contributed by atoms with Crippen molar-refractivity contribution < 1.29 is 19.5 Å². The number of aliphatic hydroxyl groups excluding tert-OH is 1. The van der Waals surface area contributed by atoms with Gasteiger partial charge in [-0.2, -0.15) is 0 Å². The molecule has 0 spiro atoms. The summed E-state index contributed by atoms with van der Waals surface area (Å²) >= 11 is 1.28. The van der Waals surface area contributed by atoms with Gasteiger partial charge in [0.05, 0.1) is 11.9 Å². The molecule has 1 N–H and O–H groups in total. The third-order valence-electron chi connectivity index (χ3n) is 2.08. The third kappa shape index (κ3) is 3.04. The Balaban J connectivity index is 2.50. The Kier molecular flexibility index (Phi) is 4.77. The van der Waals surface area contributed by atoms with E-state index in [2.05, 4.69) is 0 Å². The van der Waals surface area contributed by atoms with Crippen molar-refractivity contribution >= 4 is 29.9 Å². The van der Waals surface area contributed by atoms with Crippen LogP contribution in [0, 0.1) is 0 Å². The minimum absolute atomic E-state index is 0.00300. The molecule has 0 aliphatic carbocycles. The van der Waals surface area contributed by atoms with Gasteiger partial charge in [0.2, 0.25) is 11.8 Å². The molecule has 1 heterocycles. The van der Waals surface area contributed by atoms with Crippen LogP contribution in [0.5, 0.6) is 0 Å². The number of hydrogen-bond acceptors (Lipinski definition) is 5. The molecule has 5 nitrogen and oxygen atoms in total. The number of imide groups is 1. The van der Waals surface area contributed by atoms with Crippen LogP contribution in [0.15, 0.2) is 0 Å². The Hall–Kier alpha value is -0.880. The first-order chi connectivity index (χ1) is 7.20. The van der Waals surface area contributed by atoms with Gasteiger partial charge < -0.3 is 9.90 Å². The van der Waals surface area contributed by atoms with Gasteiger partial charge in [-0.3, -0.25) is 14.5 Å². The molecule has 0 radical (unpaired) electrons. The van der Waals surface area contributed by atoms with Crippen molar-refractivity contribution in [2.45, 2.75) is 18.1 Å². The Labute approximate surface area is 91.8 Å². The number of amides is 2. The largest absolute Gasteiger partial charge is 0.396 e. The van der Waals surface area contributed by atoms with Gasteiger partial charge in [-0.15, -0.1) is 11.8 Å². The van der Waals surface area contributed by atoms with E-state index in [0.29, 0.717) is 12.0 Å². The number of carbonyl (C=O) groups is 3. The molecule has 1 saturated heterocycles. The number of thioether (sulfide) groups is 1. The predicted molar refractivity (Wildman–Crippen MR) is 55.3 cm³/mol. The Morgan fingerprint density at radius 2 is 2.27 bits per heavy atom. The number of hydrogen-bond donors (Lipinski definition) is 1. The second-order valence-electron chi connectivity index (χ2n) is 3.13. The first-order valence-electron chi connectivity index (χ1n) is 4.71. The minimum Gasteiger partial charge on any atom is -0.396 e. The van der Waals surface area contributed by atoms with Gasteiger partial charge in [0, 0.05) is 25.1 Å². The maximum absolute atomic E-state index is 11.6. The highest BCUT2D eigenvalue weighted by Gasteiger charge is 2.37. The summed E-state index contributed by atoms with van der Waals surface area (Å²) in [6, 6.07) is 0. The summed E-state index contributed by atoms with van der Waals surface area (Å²) in [7, 11) is 0. The van der Waals surface area contributed by atoms with Gasteiger partial charge in [0.25, 0.3) is 0 Å². The fraction of sp³-hybridized carbons (Fsp3) is 0.667. The summed E-state index contributed by atoms with van der Waals surface area (Å²) in [4.78, 5) is 34.3. The normalized spacial score (nSPS) is 21.1. The molecule has 0 aromatic rings. The zero-order chi connectivity index (χ0) is 11.3. The van der Waals surface area contributed by atoms with E-state index in [-0.39, 0.29) is 43.1 Å². The molecular weight excluding hydrogens is 218 g/mol. The van der Waals surface area contributed by atoms with Gasteiger partial charge in [-0.05, 0) is 0 Å². The van der Waals surface area contributed by atoms with E-state index in [1.54, 1.807) is 0 Å². The molecule has 1 aliphatic heterocycles. The quantitative estimate of drug-likeness (QED) is 0.489. The summed E-state index contributed by atoms with van der Waals surface area (Å²) in [5, 5.41) is 8.23. The van der Waals surface area contributed by atoms with Gasteiger partial charge >= 0.3 is 0 Å². The van der Waals surface area contributed by atoms with Crippen molar-refractivity contribution in [2.75, 3.05) is 18.9 Å². The van der Waals surface area contributed by atoms with Gasteiger partial charge in [0.1, 0.15) is 6.29 Å². The lowest BCUT2D eigenvalue weighted by atomic mass is 10.4. The van der Waals surface area contributed by atoms with E-state index in [4.69, 9.17) is 5.11 Å². The van der Waals surface area contributed by atoms with Crippen LogP contribution in [0.4, 0.5) is 0 Å². The molecule has 0 bridgehead atoms. The van der Waals surface area contributed by atoms with E-state index >= 15 is 0 Å². The summed E-state index contributed by atoms with van der Waals surface area (Å²) in [5.74, 6) is -0.0110. The van der Waals surface area contributed by atoms with Crippen LogP contribution in [0.1, 0.15) is 12.8 Å². The van der Waals surface area contributed by atoms with E-state index in [0.717, 1.165) is 4.90 Å². The van der Waals surface area contributed by atoms with Crippen molar-refractivity contribution in [1.82, 2.24) is 4.90 Å². The van der Waals surface area contributed by atoms with E-state index < -0.39 is 0 Å². The lowest BCUT2D eigenvalue weighted by molar-refractivity contribution is -0.138. The minimum atomic E-state index is -0.378. The van der Waals surface area contributed by atoms with Crippen LogP contribution in [0.3, 0.4) is 0 Å². The molecule has 1 aliphatic rings. The first-order valence-corrected chi connectivity index (χ1v) is 5.76. The summed E-state index contributed by atoms with van der Waals surface area (Å²) < 4.78 is 0. The Morgan fingerprint density at radius 1 is 1.53 bits per heavy atom. The fourth-order valence-corrected chi connectivity index (χ4v) is 2.31. The van der Waals surface area contributed by atoms with E-state index in [9.17, 15) is 14.4 Å². The second kappa shape index (κ2) is 5.87. The maximum atomic E-state index is 11.6. The average molecular weight is 231 g/mol. The highest BCUT2D eigenvalue weighted by molar-refractivity contribution is 8.00. The van der Waals surface area contributed by atoms with E-state index in [1.165, 1.54) is 11.8 Å². The van der Waals surface area contributed by atoms with Gasteiger partial charge in [-0.25, -0.2) is 0 Å². The zero-order valence-corrected chi connectivity index (χ0v) is 9.03. The molecule has 2 amide bonds. The van der Waals surface area contributed by atoms with E-state index in [1.807, 2.05) is 0 Å². The highest BCUT2D eigenvalue weighted by Crippen LogP contribution is 2.24.